The Kier molecular flexibility index (Phi) is 2.91. The average Bonchev–Trinajstić information content (AvgIpc) is 2.28. The zero-order chi connectivity index (χ0) is 11.7. The van der Waals surface area contributed by atoms with E-state index >= 15 is 0 Å². The SMILES string of the molecule is COC(=O)c1nc(Br)cc2c1OCCC2=O. The Labute approximate surface area is 99.9 Å². The van der Waals surface area contributed by atoms with Crippen LogP contribution in [0.3, 0.4) is 0 Å². The molecule has 0 saturated carbocycles. The van der Waals surface area contributed by atoms with Gasteiger partial charge >= 0.3 is 5.97 Å². The van der Waals surface area contributed by atoms with Gasteiger partial charge in [0.05, 0.1) is 19.3 Å². The van der Waals surface area contributed by atoms with Crippen molar-refractivity contribution in [3.8, 4) is 5.75 Å². The van der Waals surface area contributed by atoms with Crippen LogP contribution in [-0.4, -0.2) is 30.5 Å². The molecule has 0 aromatic carbocycles. The van der Waals surface area contributed by atoms with Crippen molar-refractivity contribution in [3.05, 3.63) is 21.9 Å². The normalized spacial score (nSPS) is 14.0. The molecule has 0 amide bonds. The van der Waals surface area contributed by atoms with Crippen molar-refractivity contribution in [1.29, 1.82) is 0 Å². The number of carbonyl (C=O) groups excluding carboxylic acids is 2. The molecule has 2 rings (SSSR count). The fraction of sp³-hybridized carbons (Fsp3) is 0.300. The first-order chi connectivity index (χ1) is 7.63. The van der Waals surface area contributed by atoms with E-state index in [2.05, 4.69) is 25.7 Å². The maximum absolute atomic E-state index is 11.6. The van der Waals surface area contributed by atoms with Crippen molar-refractivity contribution < 1.29 is 19.1 Å². The molecule has 1 aromatic heterocycles. The summed E-state index contributed by atoms with van der Waals surface area (Å²) >= 11 is 3.14. The molecule has 0 bridgehead atoms. The van der Waals surface area contributed by atoms with Gasteiger partial charge in [0.1, 0.15) is 4.60 Å². The molecule has 0 fully saturated rings. The summed E-state index contributed by atoms with van der Waals surface area (Å²) in [5.74, 6) is -0.465. The molecule has 0 radical (unpaired) electrons. The van der Waals surface area contributed by atoms with Crippen molar-refractivity contribution in [3.63, 3.8) is 0 Å². The fourth-order valence-electron chi connectivity index (χ4n) is 1.47. The molecule has 1 aromatic rings. The Bertz CT molecular complexity index is 472. The Morgan fingerprint density at radius 3 is 3.06 bits per heavy atom. The molecule has 16 heavy (non-hydrogen) atoms. The van der Waals surface area contributed by atoms with Gasteiger partial charge in [0.2, 0.25) is 0 Å². The van der Waals surface area contributed by atoms with Crippen molar-refractivity contribution in [1.82, 2.24) is 4.98 Å². The Morgan fingerprint density at radius 1 is 1.62 bits per heavy atom. The van der Waals surface area contributed by atoms with E-state index in [9.17, 15) is 9.59 Å². The third-order valence-corrected chi connectivity index (χ3v) is 2.60. The summed E-state index contributed by atoms with van der Waals surface area (Å²) in [4.78, 5) is 27.0. The van der Waals surface area contributed by atoms with E-state index in [1.165, 1.54) is 7.11 Å². The maximum atomic E-state index is 11.6. The lowest BCUT2D eigenvalue weighted by Gasteiger charge is -2.18. The third-order valence-electron chi connectivity index (χ3n) is 2.20. The second kappa shape index (κ2) is 4.21. The molecule has 0 N–H and O–H groups in total. The van der Waals surface area contributed by atoms with E-state index in [0.29, 0.717) is 16.6 Å². The van der Waals surface area contributed by atoms with Crippen LogP contribution in [0.5, 0.6) is 5.75 Å². The first-order valence-corrected chi connectivity index (χ1v) is 5.37. The van der Waals surface area contributed by atoms with Gasteiger partial charge < -0.3 is 9.47 Å². The van der Waals surface area contributed by atoms with Gasteiger partial charge in [-0.15, -0.1) is 0 Å². The van der Waals surface area contributed by atoms with Crippen molar-refractivity contribution in [2.75, 3.05) is 13.7 Å². The quantitative estimate of drug-likeness (QED) is 0.579. The number of rotatable bonds is 1. The molecule has 1 aliphatic heterocycles. The van der Waals surface area contributed by atoms with Gasteiger partial charge in [0.25, 0.3) is 0 Å². The summed E-state index contributed by atoms with van der Waals surface area (Å²) in [6.07, 6.45) is 0.310. The fourth-order valence-corrected chi connectivity index (χ4v) is 1.88. The Morgan fingerprint density at radius 2 is 2.38 bits per heavy atom. The predicted octanol–water partition coefficient (Wildman–Crippen LogP) is 1.60. The van der Waals surface area contributed by atoms with Crippen LogP contribution in [0.25, 0.3) is 0 Å². The van der Waals surface area contributed by atoms with E-state index in [1.807, 2.05) is 0 Å². The topological polar surface area (TPSA) is 65.5 Å². The molecular formula is C10H8BrNO4. The van der Waals surface area contributed by atoms with Crippen molar-refractivity contribution in [2.24, 2.45) is 0 Å². The van der Waals surface area contributed by atoms with E-state index < -0.39 is 5.97 Å². The van der Waals surface area contributed by atoms with E-state index in [-0.39, 0.29) is 23.8 Å². The number of esters is 1. The lowest BCUT2D eigenvalue weighted by molar-refractivity contribution is 0.0587. The number of hydrogen-bond acceptors (Lipinski definition) is 5. The third kappa shape index (κ3) is 1.80. The minimum atomic E-state index is -0.618. The summed E-state index contributed by atoms with van der Waals surface area (Å²) < 4.78 is 10.3. The molecular weight excluding hydrogens is 278 g/mol. The average molecular weight is 286 g/mol. The van der Waals surface area contributed by atoms with E-state index in [0.717, 1.165) is 0 Å². The first kappa shape index (κ1) is 11.1. The number of pyridine rings is 1. The van der Waals surface area contributed by atoms with Gasteiger partial charge in [0, 0.05) is 6.42 Å². The molecule has 6 heteroatoms. The van der Waals surface area contributed by atoms with Gasteiger partial charge in [0.15, 0.2) is 17.2 Å². The van der Waals surface area contributed by atoms with Crippen LogP contribution in [0.15, 0.2) is 10.7 Å². The molecule has 2 heterocycles. The standard InChI is InChI=1S/C10H8BrNO4/c1-15-10(14)8-9-5(4-7(11)12-8)6(13)2-3-16-9/h4H,2-3H2,1H3. The summed E-state index contributed by atoms with van der Waals surface area (Å²) in [5, 5.41) is 0. The second-order valence-corrected chi connectivity index (χ2v) is 4.00. The lowest BCUT2D eigenvalue weighted by Crippen LogP contribution is -2.20. The van der Waals surface area contributed by atoms with Gasteiger partial charge in [-0.1, -0.05) is 0 Å². The van der Waals surface area contributed by atoms with Crippen LogP contribution < -0.4 is 4.74 Å². The maximum Gasteiger partial charge on any atom is 0.360 e. The van der Waals surface area contributed by atoms with Crippen LogP contribution >= 0.6 is 15.9 Å². The smallest absolute Gasteiger partial charge is 0.360 e. The predicted molar refractivity (Wildman–Crippen MR) is 57.7 cm³/mol. The number of ketones is 1. The van der Waals surface area contributed by atoms with Crippen LogP contribution in [0.1, 0.15) is 27.3 Å². The van der Waals surface area contributed by atoms with Gasteiger partial charge in [-0.25, -0.2) is 9.78 Å². The van der Waals surface area contributed by atoms with Crippen LogP contribution in [0.2, 0.25) is 0 Å². The Hall–Kier alpha value is -1.43. The van der Waals surface area contributed by atoms with Crippen LogP contribution in [-0.2, 0) is 4.74 Å². The lowest BCUT2D eigenvalue weighted by atomic mass is 10.1. The molecule has 0 saturated heterocycles. The highest BCUT2D eigenvalue weighted by Gasteiger charge is 2.27. The number of methoxy groups -OCH3 is 1. The molecule has 0 unspecified atom stereocenters. The van der Waals surface area contributed by atoms with Crippen molar-refractivity contribution in [2.45, 2.75) is 6.42 Å². The molecule has 84 valence electrons. The summed E-state index contributed by atoms with van der Waals surface area (Å²) in [5.41, 5.74) is 0.397. The number of Topliss-reactive ketones (excluding diaryl/α,β-unsaturated/α-hetero) is 1. The molecule has 0 aliphatic carbocycles. The number of ether oxygens (including phenoxy) is 2. The number of nitrogens with zero attached hydrogens (tertiary/aromatic N) is 1. The Balaban J connectivity index is 2.61. The van der Waals surface area contributed by atoms with E-state index in [4.69, 9.17) is 4.74 Å². The number of aromatic nitrogens is 1. The van der Waals surface area contributed by atoms with Crippen molar-refractivity contribution >= 4 is 27.7 Å². The zero-order valence-electron chi connectivity index (χ0n) is 8.45. The van der Waals surface area contributed by atoms with Crippen LogP contribution in [0, 0.1) is 0 Å². The summed E-state index contributed by atoms with van der Waals surface area (Å²) in [6.45, 7) is 0.263. The highest BCUT2D eigenvalue weighted by Crippen LogP contribution is 2.30. The second-order valence-electron chi connectivity index (χ2n) is 3.18. The first-order valence-electron chi connectivity index (χ1n) is 4.58. The monoisotopic (exact) mass is 285 g/mol. The minimum Gasteiger partial charge on any atom is -0.490 e. The van der Waals surface area contributed by atoms with Gasteiger partial charge in [-0.2, -0.15) is 0 Å². The zero-order valence-corrected chi connectivity index (χ0v) is 10.0. The molecule has 5 nitrogen and oxygen atoms in total. The van der Waals surface area contributed by atoms with E-state index in [1.54, 1.807) is 6.07 Å². The highest BCUT2D eigenvalue weighted by atomic mass is 79.9. The summed E-state index contributed by atoms with van der Waals surface area (Å²) in [6, 6.07) is 1.54. The highest BCUT2D eigenvalue weighted by molar-refractivity contribution is 9.10. The molecule has 0 atom stereocenters. The van der Waals surface area contributed by atoms with Gasteiger partial charge in [-0.05, 0) is 22.0 Å². The van der Waals surface area contributed by atoms with Gasteiger partial charge in [-0.3, -0.25) is 4.79 Å². The molecule has 1 aliphatic rings. The summed E-state index contributed by atoms with van der Waals surface area (Å²) in [7, 11) is 1.25. The number of hydrogen-bond donors (Lipinski definition) is 0. The largest absolute Gasteiger partial charge is 0.490 e. The molecule has 0 spiro atoms. The number of fused-ring (bicyclic) bond motifs is 1. The minimum absolute atomic E-state index is 0.0277. The number of halogens is 1. The number of carbonyl (C=O) groups is 2. The van der Waals surface area contributed by atoms with Crippen LogP contribution in [0.4, 0.5) is 0 Å².